The van der Waals surface area contributed by atoms with Crippen molar-refractivity contribution in [2.24, 2.45) is 0 Å². The fourth-order valence-corrected chi connectivity index (χ4v) is 5.12. The minimum atomic E-state index is -4.83. The Kier molecular flexibility index (Phi) is 7.78. The molecule has 4 aromatic carbocycles. The minimum absolute atomic E-state index is 0.194. The first-order chi connectivity index (χ1) is 18.3. The Morgan fingerprint density at radius 3 is 1.08 bits per heavy atom. The standard InChI is InChI=1S/C18H15F3O.C16H16/c19-18(20,21)17(22)16-11-14-6-5-12-1-3-13(4-2-12)7-9-15(16)10-8-14;1-2-14-4-3-13(1)9-10-15-5-7-16(8-6-15)12-11-14/h1-4,8,10-11H,5-7,9H2;1-8H,9-12H2. The van der Waals surface area contributed by atoms with Crippen LogP contribution in [0.25, 0.3) is 0 Å². The van der Waals surface area contributed by atoms with Gasteiger partial charge in [-0.25, -0.2) is 0 Å². The smallest absolute Gasteiger partial charge is 0.284 e. The Morgan fingerprint density at radius 1 is 0.447 bits per heavy atom. The quantitative estimate of drug-likeness (QED) is 0.237. The summed E-state index contributed by atoms with van der Waals surface area (Å²) in [7, 11) is 0. The summed E-state index contributed by atoms with van der Waals surface area (Å²) in [6.07, 6.45) is 2.20. The van der Waals surface area contributed by atoms with Crippen LogP contribution in [-0.4, -0.2) is 12.0 Å². The zero-order valence-corrected chi connectivity index (χ0v) is 21.4. The number of hydrogen-bond acceptors (Lipinski definition) is 1. The lowest BCUT2D eigenvalue weighted by molar-refractivity contribution is -0.0885. The number of Topliss-reactive ketones (excluding diaryl/α,β-unsaturated/α-hetero) is 1. The van der Waals surface area contributed by atoms with Crippen molar-refractivity contribution in [2.75, 3.05) is 0 Å². The number of halogens is 3. The number of alkyl halides is 3. The summed E-state index contributed by atoms with van der Waals surface area (Å²) >= 11 is 0. The fourth-order valence-electron chi connectivity index (χ4n) is 5.12. The number of aryl methyl sites for hydroxylation is 8. The molecule has 8 bridgehead atoms. The summed E-state index contributed by atoms with van der Waals surface area (Å²) in [5, 5.41) is 0. The van der Waals surface area contributed by atoms with Crippen molar-refractivity contribution in [1.29, 1.82) is 0 Å². The van der Waals surface area contributed by atoms with Crippen LogP contribution in [0.5, 0.6) is 0 Å². The Balaban J connectivity index is 0.000000162. The van der Waals surface area contributed by atoms with Gasteiger partial charge in [0.05, 0.1) is 0 Å². The number of carbonyl (C=O) groups is 1. The van der Waals surface area contributed by atoms with Crippen LogP contribution in [0, 0.1) is 0 Å². The highest BCUT2D eigenvalue weighted by molar-refractivity contribution is 6.01. The van der Waals surface area contributed by atoms with Gasteiger partial charge in [0.25, 0.3) is 5.78 Å². The molecule has 0 N–H and O–H groups in total. The molecule has 0 fully saturated rings. The summed E-state index contributed by atoms with van der Waals surface area (Å²) < 4.78 is 38.4. The van der Waals surface area contributed by atoms with Crippen molar-refractivity contribution >= 4 is 5.78 Å². The van der Waals surface area contributed by atoms with Gasteiger partial charge in [0.1, 0.15) is 0 Å². The zero-order chi connectivity index (χ0) is 26.5. The van der Waals surface area contributed by atoms with Crippen molar-refractivity contribution < 1.29 is 18.0 Å². The molecule has 194 valence electrons. The average Bonchev–Trinajstić information content (AvgIpc) is 2.91. The highest BCUT2D eigenvalue weighted by atomic mass is 19.4. The van der Waals surface area contributed by atoms with Crippen LogP contribution >= 0.6 is 0 Å². The molecule has 4 heteroatoms. The van der Waals surface area contributed by atoms with Crippen LogP contribution in [0.4, 0.5) is 13.2 Å². The van der Waals surface area contributed by atoms with E-state index in [1.807, 2.05) is 18.2 Å². The molecule has 0 saturated heterocycles. The lowest BCUT2D eigenvalue weighted by Gasteiger charge is -2.14. The summed E-state index contributed by atoms with van der Waals surface area (Å²) in [6.45, 7) is 0. The third-order valence-corrected chi connectivity index (χ3v) is 7.54. The number of rotatable bonds is 1. The molecule has 0 atom stereocenters. The van der Waals surface area contributed by atoms with Gasteiger partial charge in [0, 0.05) is 5.56 Å². The van der Waals surface area contributed by atoms with Crippen molar-refractivity contribution in [3.8, 4) is 0 Å². The maximum Gasteiger partial charge on any atom is 0.454 e. The van der Waals surface area contributed by atoms with Crippen molar-refractivity contribution in [2.45, 2.75) is 57.5 Å². The van der Waals surface area contributed by atoms with E-state index in [9.17, 15) is 18.0 Å². The van der Waals surface area contributed by atoms with Gasteiger partial charge >= 0.3 is 6.18 Å². The van der Waals surface area contributed by atoms with Gasteiger partial charge in [0.15, 0.2) is 0 Å². The summed E-state index contributed by atoms with van der Waals surface area (Å²) in [6, 6.07) is 31.3. The van der Waals surface area contributed by atoms with E-state index in [0.717, 1.165) is 48.8 Å². The lowest BCUT2D eigenvalue weighted by atomic mass is 9.92. The Hall–Kier alpha value is -3.66. The molecule has 38 heavy (non-hydrogen) atoms. The highest BCUT2D eigenvalue weighted by Crippen LogP contribution is 2.26. The lowest BCUT2D eigenvalue weighted by Crippen LogP contribution is -2.24. The largest absolute Gasteiger partial charge is 0.454 e. The van der Waals surface area contributed by atoms with Crippen molar-refractivity contribution in [3.63, 3.8) is 0 Å². The third-order valence-electron chi connectivity index (χ3n) is 7.54. The first kappa shape index (κ1) is 26.0. The van der Waals surface area contributed by atoms with Gasteiger partial charge in [-0.15, -0.1) is 0 Å². The van der Waals surface area contributed by atoms with E-state index in [1.165, 1.54) is 28.3 Å². The second-order valence-electron chi connectivity index (χ2n) is 10.3. The highest BCUT2D eigenvalue weighted by Gasteiger charge is 2.40. The molecule has 0 unspecified atom stereocenters. The molecule has 12 rings (SSSR count). The predicted octanol–water partition coefficient (Wildman–Crippen LogP) is 7.89. The van der Waals surface area contributed by atoms with E-state index in [-0.39, 0.29) is 5.56 Å². The summed E-state index contributed by atoms with van der Waals surface area (Å²) in [5.74, 6) is -1.74. The summed E-state index contributed by atoms with van der Waals surface area (Å²) in [4.78, 5) is 11.7. The van der Waals surface area contributed by atoms with Crippen LogP contribution in [0.3, 0.4) is 0 Å². The van der Waals surface area contributed by atoms with E-state index in [4.69, 9.17) is 0 Å². The topological polar surface area (TPSA) is 17.1 Å². The molecular formula is C34H31F3O. The Bertz CT molecular complexity index is 1290. The SMILES string of the molecule is O=C(c1cc2ccc1CCc1ccc(cc1)CC2)C(F)(F)F.c1cc2ccc1CCc1ccc(cc1)CC2. The number of hydrogen-bond donors (Lipinski definition) is 0. The van der Waals surface area contributed by atoms with Gasteiger partial charge in [0.2, 0.25) is 0 Å². The van der Waals surface area contributed by atoms with Gasteiger partial charge < -0.3 is 0 Å². The summed E-state index contributed by atoms with van der Waals surface area (Å²) in [5.41, 5.74) is 9.07. The van der Waals surface area contributed by atoms with E-state index in [0.29, 0.717) is 24.8 Å². The Labute approximate surface area is 222 Å². The molecule has 0 spiro atoms. The molecule has 4 aromatic rings. The molecule has 0 saturated carbocycles. The second-order valence-corrected chi connectivity index (χ2v) is 10.3. The molecule has 0 radical (unpaired) electrons. The number of carbonyl (C=O) groups excluding carboxylic acids is 1. The van der Waals surface area contributed by atoms with E-state index >= 15 is 0 Å². The van der Waals surface area contributed by atoms with Crippen LogP contribution in [-0.2, 0) is 51.4 Å². The van der Waals surface area contributed by atoms with Crippen LogP contribution in [0.2, 0.25) is 0 Å². The third kappa shape index (κ3) is 6.61. The average molecular weight is 513 g/mol. The molecule has 0 aliphatic heterocycles. The number of benzene rings is 4. The zero-order valence-electron chi connectivity index (χ0n) is 21.4. The van der Waals surface area contributed by atoms with Gasteiger partial charge in [-0.05, 0) is 102 Å². The fraction of sp³-hybridized carbons (Fsp3) is 0.265. The maximum atomic E-state index is 12.8. The van der Waals surface area contributed by atoms with Crippen LogP contribution in [0.1, 0.15) is 54.9 Å². The first-order valence-electron chi connectivity index (χ1n) is 13.3. The normalized spacial score (nSPS) is 14.5. The van der Waals surface area contributed by atoms with Gasteiger partial charge in [-0.1, -0.05) is 84.9 Å². The van der Waals surface area contributed by atoms with E-state index in [2.05, 4.69) is 60.7 Å². The molecule has 0 heterocycles. The van der Waals surface area contributed by atoms with Gasteiger partial charge in [-0.3, -0.25) is 4.79 Å². The first-order valence-corrected chi connectivity index (χ1v) is 13.3. The second kappa shape index (κ2) is 11.4. The van der Waals surface area contributed by atoms with Crippen molar-refractivity contribution in [1.82, 2.24) is 0 Å². The molecule has 0 amide bonds. The maximum absolute atomic E-state index is 12.8. The molecule has 8 aliphatic rings. The van der Waals surface area contributed by atoms with Crippen LogP contribution in [0.15, 0.2) is 91.0 Å². The van der Waals surface area contributed by atoms with Crippen molar-refractivity contribution in [3.05, 3.63) is 141 Å². The molecule has 1 nitrogen and oxygen atoms in total. The van der Waals surface area contributed by atoms with E-state index in [1.54, 1.807) is 6.07 Å². The minimum Gasteiger partial charge on any atom is -0.284 e. The number of ketones is 1. The monoisotopic (exact) mass is 512 g/mol. The van der Waals surface area contributed by atoms with E-state index < -0.39 is 12.0 Å². The van der Waals surface area contributed by atoms with Gasteiger partial charge in [-0.2, -0.15) is 13.2 Å². The van der Waals surface area contributed by atoms with Crippen LogP contribution < -0.4 is 0 Å². The predicted molar refractivity (Wildman–Crippen MR) is 146 cm³/mol. The molecule has 0 aromatic heterocycles. The molecular weight excluding hydrogens is 481 g/mol. The Morgan fingerprint density at radius 2 is 0.737 bits per heavy atom. The molecule has 8 aliphatic carbocycles.